The van der Waals surface area contributed by atoms with Crippen LogP contribution in [0.1, 0.15) is 12.8 Å². The van der Waals surface area contributed by atoms with E-state index in [0.717, 1.165) is 6.42 Å². The predicted molar refractivity (Wildman–Crippen MR) is 75.5 cm³/mol. The second-order valence-corrected chi connectivity index (χ2v) is 6.63. The second kappa shape index (κ2) is 7.59. The van der Waals surface area contributed by atoms with E-state index >= 15 is 0 Å². The predicted octanol–water partition coefficient (Wildman–Crippen LogP) is -0.256. The van der Waals surface area contributed by atoms with Crippen molar-refractivity contribution < 1.29 is 32.9 Å². The third-order valence-corrected chi connectivity index (χ3v) is 4.64. The summed E-state index contributed by atoms with van der Waals surface area (Å²) in [6.07, 6.45) is -0.725. The van der Waals surface area contributed by atoms with Gasteiger partial charge in [-0.25, -0.2) is 0 Å². The monoisotopic (exact) mass is 316 g/mol. The lowest BCUT2D eigenvalue weighted by molar-refractivity contribution is -0.0194. The van der Waals surface area contributed by atoms with E-state index in [-0.39, 0.29) is 31.8 Å². The van der Waals surface area contributed by atoms with Crippen LogP contribution in [0.15, 0.2) is 0 Å². The first-order valence-corrected chi connectivity index (χ1v) is 8.44. The van der Waals surface area contributed by atoms with E-state index in [4.69, 9.17) is 43.8 Å². The van der Waals surface area contributed by atoms with Gasteiger partial charge in [0.05, 0.1) is 25.4 Å². The molecule has 0 aromatic heterocycles. The fourth-order valence-corrected chi connectivity index (χ4v) is 3.49. The van der Waals surface area contributed by atoms with Crippen molar-refractivity contribution in [1.82, 2.24) is 0 Å². The first-order valence-electron chi connectivity index (χ1n) is 6.83. The van der Waals surface area contributed by atoms with Crippen molar-refractivity contribution in [2.45, 2.75) is 43.3 Å². The molecule has 116 valence electrons. The fourth-order valence-electron chi connectivity index (χ4n) is 2.47. The van der Waals surface area contributed by atoms with Crippen LogP contribution < -0.4 is 0 Å². The number of ether oxygens (including phenoxy) is 3. The number of methoxy groups -OCH3 is 1. The first kappa shape index (κ1) is 17.5. The van der Waals surface area contributed by atoms with E-state index in [1.54, 1.807) is 7.11 Å². The second-order valence-electron chi connectivity index (χ2n) is 5.08. The molecule has 6 atom stereocenters. The standard InChI is InChI=1S/C11H19B2O7P/c1-16-7-2-3-17-10(7)6-18-21(13,15)20-8-4-11(12)19-9(8)5-14/h7-11,14H,2-6H2,1H3/t7?,8?,9-,10-,11-,21-/m1/s1. The Morgan fingerprint density at radius 1 is 1.38 bits per heavy atom. The molecule has 0 bridgehead atoms. The van der Waals surface area contributed by atoms with Crippen LogP contribution in [0.25, 0.3) is 0 Å². The van der Waals surface area contributed by atoms with Crippen LogP contribution in [-0.4, -0.2) is 77.9 Å². The van der Waals surface area contributed by atoms with E-state index in [9.17, 15) is 4.57 Å². The van der Waals surface area contributed by atoms with Crippen LogP contribution in [0.2, 0.25) is 0 Å². The molecule has 0 spiro atoms. The van der Waals surface area contributed by atoms with Gasteiger partial charge in [0.2, 0.25) is 7.57 Å². The Labute approximate surface area is 126 Å². The highest BCUT2D eigenvalue weighted by molar-refractivity contribution is 7.79. The minimum absolute atomic E-state index is 0.00963. The van der Waals surface area contributed by atoms with Gasteiger partial charge in [0.25, 0.3) is 7.47 Å². The fraction of sp³-hybridized carbons (Fsp3) is 1.00. The van der Waals surface area contributed by atoms with Crippen LogP contribution in [-0.2, 0) is 27.8 Å². The molecule has 2 unspecified atom stereocenters. The molecule has 7 nitrogen and oxygen atoms in total. The lowest BCUT2D eigenvalue weighted by Crippen LogP contribution is -2.30. The van der Waals surface area contributed by atoms with Gasteiger partial charge in [-0.15, -0.1) is 0 Å². The summed E-state index contributed by atoms with van der Waals surface area (Å²) in [6, 6.07) is -0.580. The smallest absolute Gasteiger partial charge is 0.264 e. The zero-order valence-electron chi connectivity index (χ0n) is 11.9. The summed E-state index contributed by atoms with van der Waals surface area (Å²) in [6.45, 7) is 0.270. The average Bonchev–Trinajstić information content (AvgIpc) is 3.02. The maximum absolute atomic E-state index is 12.1. The summed E-state index contributed by atoms with van der Waals surface area (Å²) < 4.78 is 38.4. The van der Waals surface area contributed by atoms with Crippen molar-refractivity contribution >= 4 is 22.9 Å². The maximum Gasteiger partial charge on any atom is 0.264 e. The van der Waals surface area contributed by atoms with Crippen molar-refractivity contribution in [2.24, 2.45) is 0 Å². The number of aliphatic hydroxyl groups excluding tert-OH is 1. The molecule has 2 aliphatic rings. The van der Waals surface area contributed by atoms with Crippen LogP contribution >= 0.6 is 7.47 Å². The molecule has 0 saturated carbocycles. The van der Waals surface area contributed by atoms with Gasteiger partial charge in [-0.3, -0.25) is 4.57 Å². The van der Waals surface area contributed by atoms with Gasteiger partial charge in [0.15, 0.2) is 0 Å². The summed E-state index contributed by atoms with van der Waals surface area (Å²) in [4.78, 5) is 0. The number of hydrogen-bond donors (Lipinski definition) is 1. The molecule has 2 saturated heterocycles. The van der Waals surface area contributed by atoms with Crippen LogP contribution in [0.4, 0.5) is 0 Å². The molecule has 0 aromatic carbocycles. The first-order chi connectivity index (χ1) is 9.95. The molecule has 0 amide bonds. The molecule has 0 aromatic rings. The molecule has 2 heterocycles. The van der Waals surface area contributed by atoms with Crippen molar-refractivity contribution in [3.63, 3.8) is 0 Å². The Morgan fingerprint density at radius 3 is 2.81 bits per heavy atom. The van der Waals surface area contributed by atoms with Gasteiger partial charge in [0.1, 0.15) is 20.1 Å². The van der Waals surface area contributed by atoms with E-state index < -0.39 is 25.7 Å². The molecule has 2 fully saturated rings. The summed E-state index contributed by atoms with van der Waals surface area (Å²) in [5.41, 5.74) is 0. The molecule has 0 aliphatic carbocycles. The van der Waals surface area contributed by atoms with Gasteiger partial charge in [-0.2, -0.15) is 0 Å². The summed E-state index contributed by atoms with van der Waals surface area (Å²) in [7, 11) is 8.95. The topological polar surface area (TPSA) is 83.5 Å². The summed E-state index contributed by atoms with van der Waals surface area (Å²) >= 11 is 0. The molecule has 10 heteroatoms. The maximum atomic E-state index is 12.1. The Bertz CT molecular complexity index is 386. The normalized spacial score (nSPS) is 39.4. The van der Waals surface area contributed by atoms with Gasteiger partial charge in [-0.05, 0) is 12.8 Å². The third kappa shape index (κ3) is 4.79. The molecule has 4 radical (unpaired) electrons. The van der Waals surface area contributed by atoms with Gasteiger partial charge in [0, 0.05) is 19.7 Å². The largest absolute Gasteiger partial charge is 0.394 e. The minimum atomic E-state index is -3.79. The Morgan fingerprint density at radius 2 is 2.14 bits per heavy atom. The minimum Gasteiger partial charge on any atom is -0.394 e. The van der Waals surface area contributed by atoms with Gasteiger partial charge >= 0.3 is 0 Å². The van der Waals surface area contributed by atoms with Crippen molar-refractivity contribution in [2.75, 3.05) is 26.9 Å². The quantitative estimate of drug-likeness (QED) is 0.512. The van der Waals surface area contributed by atoms with Crippen LogP contribution in [0.3, 0.4) is 0 Å². The number of hydrogen-bond acceptors (Lipinski definition) is 7. The molecule has 21 heavy (non-hydrogen) atoms. The van der Waals surface area contributed by atoms with E-state index in [2.05, 4.69) is 0 Å². The van der Waals surface area contributed by atoms with E-state index in [1.807, 2.05) is 0 Å². The zero-order valence-corrected chi connectivity index (χ0v) is 12.8. The van der Waals surface area contributed by atoms with Crippen LogP contribution in [0, 0.1) is 0 Å². The average molecular weight is 316 g/mol. The Hall–Kier alpha value is 0.120. The van der Waals surface area contributed by atoms with Crippen molar-refractivity contribution in [3.8, 4) is 0 Å². The molecular formula is C11H19B2O7P. The van der Waals surface area contributed by atoms with E-state index in [1.165, 1.54) is 0 Å². The van der Waals surface area contributed by atoms with Gasteiger partial charge in [-0.1, -0.05) is 0 Å². The lowest BCUT2D eigenvalue weighted by atomic mass is 9.96. The van der Waals surface area contributed by atoms with Crippen LogP contribution in [0.5, 0.6) is 0 Å². The molecule has 2 aliphatic heterocycles. The highest BCUT2D eigenvalue weighted by atomic mass is 31.2. The number of rotatable bonds is 7. The molecule has 1 N–H and O–H groups in total. The Kier molecular flexibility index (Phi) is 6.32. The molecule has 2 rings (SSSR count). The number of aliphatic hydroxyl groups is 1. The summed E-state index contributed by atoms with van der Waals surface area (Å²) in [5.74, 6) is 0. The van der Waals surface area contributed by atoms with E-state index in [0.29, 0.717) is 6.61 Å². The summed E-state index contributed by atoms with van der Waals surface area (Å²) in [5, 5.41) is 9.15. The lowest BCUT2D eigenvalue weighted by Gasteiger charge is -2.24. The Balaban J connectivity index is 1.83. The van der Waals surface area contributed by atoms with Crippen molar-refractivity contribution in [1.29, 1.82) is 0 Å². The highest BCUT2D eigenvalue weighted by Crippen LogP contribution is 2.47. The highest BCUT2D eigenvalue weighted by Gasteiger charge is 2.38. The molecular weight excluding hydrogens is 297 g/mol. The SMILES string of the molecule is [B][C@H]1CC(O[P@]([B])(=O)OC[C@H]2OCCC2OC)[C@@H](CO)O1. The van der Waals surface area contributed by atoms with Crippen molar-refractivity contribution in [3.05, 3.63) is 0 Å². The zero-order chi connectivity index (χ0) is 15.5. The van der Waals surface area contributed by atoms with Gasteiger partial charge < -0.3 is 28.4 Å². The third-order valence-electron chi connectivity index (χ3n) is 3.56.